The van der Waals surface area contributed by atoms with E-state index in [0.717, 1.165) is 19.6 Å². The molecule has 0 unspecified atom stereocenters. The van der Waals surface area contributed by atoms with Gasteiger partial charge in [-0.3, -0.25) is 0 Å². The van der Waals surface area contributed by atoms with E-state index in [1.807, 2.05) is 46.8 Å². The van der Waals surface area contributed by atoms with Gasteiger partial charge in [-0.1, -0.05) is 0 Å². The Bertz CT molecular complexity index is 410. The van der Waals surface area contributed by atoms with Gasteiger partial charge in [0.2, 0.25) is 11.9 Å². The van der Waals surface area contributed by atoms with Gasteiger partial charge in [0.1, 0.15) is 0 Å². The summed E-state index contributed by atoms with van der Waals surface area (Å²) < 4.78 is 5.58. The van der Waals surface area contributed by atoms with Crippen molar-refractivity contribution in [3.8, 4) is 6.01 Å². The lowest BCUT2D eigenvalue weighted by Gasteiger charge is -2.20. The van der Waals surface area contributed by atoms with Crippen molar-refractivity contribution < 1.29 is 4.74 Å². The molecule has 0 fully saturated rings. The van der Waals surface area contributed by atoms with Crippen molar-refractivity contribution in [3.63, 3.8) is 0 Å². The predicted molar refractivity (Wildman–Crippen MR) is 81.6 cm³/mol. The molecule has 0 bridgehead atoms. The molecule has 114 valence electrons. The van der Waals surface area contributed by atoms with Gasteiger partial charge in [0, 0.05) is 26.7 Å². The summed E-state index contributed by atoms with van der Waals surface area (Å²) in [7, 11) is 6.05. The molecule has 0 spiro atoms. The summed E-state index contributed by atoms with van der Waals surface area (Å²) in [4.78, 5) is 17.1. The molecule has 0 aliphatic rings. The van der Waals surface area contributed by atoms with Gasteiger partial charge in [-0.2, -0.15) is 15.0 Å². The summed E-state index contributed by atoms with van der Waals surface area (Å²) in [5.74, 6) is 1.17. The summed E-state index contributed by atoms with van der Waals surface area (Å²) in [5.41, 5.74) is 0. The molecule has 20 heavy (non-hydrogen) atoms. The molecule has 0 atom stereocenters. The Labute approximate surface area is 121 Å². The second-order valence-electron chi connectivity index (χ2n) is 5.16. The zero-order chi connectivity index (χ0) is 15.1. The third-order valence-electron chi connectivity index (χ3n) is 2.50. The molecule has 1 N–H and O–H groups in total. The molecule has 0 aromatic carbocycles. The van der Waals surface area contributed by atoms with Crippen LogP contribution in [0.2, 0.25) is 0 Å². The maximum Gasteiger partial charge on any atom is 0.323 e. The molecule has 0 aliphatic carbocycles. The average Bonchev–Trinajstić information content (AvgIpc) is 2.35. The Kier molecular flexibility index (Phi) is 6.44. The van der Waals surface area contributed by atoms with Crippen LogP contribution in [0, 0.1) is 0 Å². The zero-order valence-electron chi connectivity index (χ0n) is 13.3. The number of ether oxygens (including phenoxy) is 1. The minimum Gasteiger partial charge on any atom is -0.461 e. The summed E-state index contributed by atoms with van der Waals surface area (Å²) >= 11 is 0. The van der Waals surface area contributed by atoms with Crippen LogP contribution < -0.4 is 15.0 Å². The molecule has 1 rings (SSSR count). The number of hydrogen-bond donors (Lipinski definition) is 1. The first-order valence-electron chi connectivity index (χ1n) is 6.94. The number of anilines is 2. The number of nitrogens with one attached hydrogen (secondary N) is 1. The number of aromatic nitrogens is 3. The van der Waals surface area contributed by atoms with E-state index in [1.54, 1.807) is 0 Å². The molecule has 0 amide bonds. The Hall–Kier alpha value is -1.63. The third kappa shape index (κ3) is 5.56. The molecule has 7 heteroatoms. The van der Waals surface area contributed by atoms with Crippen molar-refractivity contribution in [2.75, 3.05) is 51.0 Å². The monoisotopic (exact) mass is 282 g/mol. The van der Waals surface area contributed by atoms with Crippen molar-refractivity contribution in [3.05, 3.63) is 0 Å². The normalized spacial score (nSPS) is 11.0. The average molecular weight is 282 g/mol. The van der Waals surface area contributed by atoms with E-state index in [4.69, 9.17) is 4.74 Å². The predicted octanol–water partition coefficient (Wildman–Crippen LogP) is 1.09. The number of likely N-dealkylation sites (N-methyl/N-ethyl adjacent to an activating group) is 2. The van der Waals surface area contributed by atoms with Gasteiger partial charge in [0.05, 0.1) is 6.10 Å². The van der Waals surface area contributed by atoms with Crippen LogP contribution in [0.4, 0.5) is 11.9 Å². The molecule has 0 saturated heterocycles. The fourth-order valence-corrected chi connectivity index (χ4v) is 1.47. The van der Waals surface area contributed by atoms with Gasteiger partial charge < -0.3 is 19.9 Å². The first kappa shape index (κ1) is 16.4. The van der Waals surface area contributed by atoms with Crippen LogP contribution in [0.1, 0.15) is 20.8 Å². The fraction of sp³-hybridized carbons (Fsp3) is 0.769. The van der Waals surface area contributed by atoms with Crippen LogP contribution in [-0.2, 0) is 0 Å². The number of nitrogens with zero attached hydrogens (tertiary/aromatic N) is 5. The summed E-state index contributed by atoms with van der Waals surface area (Å²) in [6.07, 6.45) is 0.0341. The van der Waals surface area contributed by atoms with E-state index < -0.39 is 0 Å². The van der Waals surface area contributed by atoms with Gasteiger partial charge in [0.25, 0.3) is 0 Å². The lowest BCUT2D eigenvalue weighted by atomic mass is 10.5. The van der Waals surface area contributed by atoms with Gasteiger partial charge in [-0.15, -0.1) is 0 Å². The Morgan fingerprint density at radius 3 is 2.35 bits per heavy atom. The molecule has 0 radical (unpaired) electrons. The molecule has 1 aromatic rings. The minimum absolute atomic E-state index is 0.0341. The lowest BCUT2D eigenvalue weighted by molar-refractivity contribution is 0.222. The van der Waals surface area contributed by atoms with Crippen LogP contribution in [-0.4, -0.2) is 66.7 Å². The van der Waals surface area contributed by atoms with E-state index in [2.05, 4.69) is 25.2 Å². The van der Waals surface area contributed by atoms with Crippen LogP contribution in [0.3, 0.4) is 0 Å². The second kappa shape index (κ2) is 7.84. The first-order chi connectivity index (χ1) is 9.42. The van der Waals surface area contributed by atoms with E-state index in [1.165, 1.54) is 0 Å². The van der Waals surface area contributed by atoms with Crippen molar-refractivity contribution in [2.24, 2.45) is 0 Å². The highest BCUT2D eigenvalue weighted by atomic mass is 16.5. The molecular formula is C13H26N6O. The smallest absolute Gasteiger partial charge is 0.323 e. The second-order valence-corrected chi connectivity index (χ2v) is 5.16. The maximum atomic E-state index is 5.58. The standard InChI is InChI=1S/C13H26N6O/c1-7-14-11-15-12(19(6)9-8-18(4)5)17-13(16-11)20-10(2)3/h10H,7-9H2,1-6H3,(H,14,15,16,17). The largest absolute Gasteiger partial charge is 0.461 e. The maximum absolute atomic E-state index is 5.58. The molecule has 0 aliphatic heterocycles. The minimum atomic E-state index is 0.0341. The molecular weight excluding hydrogens is 256 g/mol. The van der Waals surface area contributed by atoms with Gasteiger partial charge in [-0.25, -0.2) is 0 Å². The Balaban J connectivity index is 2.89. The molecule has 1 aromatic heterocycles. The molecule has 0 saturated carbocycles. The highest BCUT2D eigenvalue weighted by Crippen LogP contribution is 2.14. The van der Waals surface area contributed by atoms with Crippen molar-refractivity contribution in [2.45, 2.75) is 26.9 Å². The van der Waals surface area contributed by atoms with Crippen molar-refractivity contribution >= 4 is 11.9 Å². The van der Waals surface area contributed by atoms with E-state index in [-0.39, 0.29) is 6.10 Å². The van der Waals surface area contributed by atoms with E-state index >= 15 is 0 Å². The van der Waals surface area contributed by atoms with Gasteiger partial charge in [-0.05, 0) is 34.9 Å². The van der Waals surface area contributed by atoms with Crippen LogP contribution in [0.5, 0.6) is 6.01 Å². The molecule has 7 nitrogen and oxygen atoms in total. The first-order valence-corrected chi connectivity index (χ1v) is 6.94. The van der Waals surface area contributed by atoms with Crippen LogP contribution in [0.25, 0.3) is 0 Å². The summed E-state index contributed by atoms with van der Waals surface area (Å²) in [5, 5.41) is 3.10. The van der Waals surface area contributed by atoms with Crippen molar-refractivity contribution in [1.29, 1.82) is 0 Å². The lowest BCUT2D eigenvalue weighted by Crippen LogP contribution is -2.30. The van der Waals surface area contributed by atoms with Gasteiger partial charge >= 0.3 is 6.01 Å². The number of rotatable bonds is 8. The van der Waals surface area contributed by atoms with Crippen molar-refractivity contribution in [1.82, 2.24) is 19.9 Å². The fourth-order valence-electron chi connectivity index (χ4n) is 1.47. The third-order valence-corrected chi connectivity index (χ3v) is 2.50. The zero-order valence-corrected chi connectivity index (χ0v) is 13.3. The molecule has 1 heterocycles. The summed E-state index contributed by atoms with van der Waals surface area (Å²) in [6, 6.07) is 0.359. The van der Waals surface area contributed by atoms with Crippen LogP contribution in [0.15, 0.2) is 0 Å². The topological polar surface area (TPSA) is 66.4 Å². The summed E-state index contributed by atoms with van der Waals surface area (Å²) in [6.45, 7) is 8.43. The van der Waals surface area contributed by atoms with Crippen LogP contribution >= 0.6 is 0 Å². The SMILES string of the molecule is CCNc1nc(OC(C)C)nc(N(C)CCN(C)C)n1. The highest BCUT2D eigenvalue weighted by Gasteiger charge is 2.12. The number of hydrogen-bond acceptors (Lipinski definition) is 7. The van der Waals surface area contributed by atoms with Gasteiger partial charge in [0.15, 0.2) is 0 Å². The van der Waals surface area contributed by atoms with E-state index in [9.17, 15) is 0 Å². The Morgan fingerprint density at radius 2 is 1.80 bits per heavy atom. The van der Waals surface area contributed by atoms with E-state index in [0.29, 0.717) is 17.9 Å². The quantitative estimate of drug-likeness (QED) is 0.765. The Morgan fingerprint density at radius 1 is 1.10 bits per heavy atom. The highest BCUT2D eigenvalue weighted by molar-refractivity contribution is 5.37.